The summed E-state index contributed by atoms with van der Waals surface area (Å²) in [6, 6.07) is 0.370. The van der Waals surface area contributed by atoms with E-state index in [4.69, 9.17) is 5.73 Å². The van der Waals surface area contributed by atoms with Crippen LogP contribution in [0.2, 0.25) is 0 Å². The number of aromatic nitrogens is 3. The zero-order valence-electron chi connectivity index (χ0n) is 7.03. The van der Waals surface area contributed by atoms with Crippen molar-refractivity contribution in [1.29, 1.82) is 0 Å². The molecule has 2 atom stereocenters. The Kier molecular flexibility index (Phi) is 2.08. The van der Waals surface area contributed by atoms with Gasteiger partial charge in [-0.1, -0.05) is 6.42 Å². The van der Waals surface area contributed by atoms with E-state index < -0.39 is 0 Å². The summed E-state index contributed by atoms with van der Waals surface area (Å²) < 4.78 is 0. The minimum atomic E-state index is 0.370. The highest BCUT2D eigenvalue weighted by Gasteiger charge is 2.24. The third-order valence-corrected chi connectivity index (χ3v) is 2.64. The van der Waals surface area contributed by atoms with Crippen molar-refractivity contribution >= 4 is 0 Å². The van der Waals surface area contributed by atoms with Gasteiger partial charge < -0.3 is 5.73 Å². The molecule has 1 aliphatic carbocycles. The van der Waals surface area contributed by atoms with Crippen molar-refractivity contribution in [3.8, 4) is 0 Å². The van der Waals surface area contributed by atoms with Gasteiger partial charge in [-0.15, -0.1) is 0 Å². The summed E-state index contributed by atoms with van der Waals surface area (Å²) in [7, 11) is 0. The number of hydrogen-bond donors (Lipinski definition) is 2. The minimum absolute atomic E-state index is 0.370. The van der Waals surface area contributed by atoms with Crippen LogP contribution in [0.25, 0.3) is 0 Å². The maximum atomic E-state index is 5.93. The molecule has 3 N–H and O–H groups in total. The van der Waals surface area contributed by atoms with Crippen molar-refractivity contribution < 1.29 is 0 Å². The van der Waals surface area contributed by atoms with Crippen LogP contribution < -0.4 is 5.73 Å². The normalized spacial score (nSPS) is 29.4. The summed E-state index contributed by atoms with van der Waals surface area (Å²) in [5.74, 6) is 1.58. The first-order valence-electron chi connectivity index (χ1n) is 4.46. The van der Waals surface area contributed by atoms with Crippen LogP contribution in [0.15, 0.2) is 6.33 Å². The highest BCUT2D eigenvalue weighted by molar-refractivity contribution is 4.90. The second-order valence-corrected chi connectivity index (χ2v) is 3.49. The molecule has 1 aromatic rings. The Hall–Kier alpha value is -0.900. The topological polar surface area (TPSA) is 67.6 Å². The predicted molar refractivity (Wildman–Crippen MR) is 45.4 cm³/mol. The van der Waals surface area contributed by atoms with Gasteiger partial charge >= 0.3 is 0 Å². The monoisotopic (exact) mass is 166 g/mol. The highest BCUT2D eigenvalue weighted by atomic mass is 15.2. The van der Waals surface area contributed by atoms with Gasteiger partial charge in [0.25, 0.3) is 0 Å². The molecule has 1 aromatic heterocycles. The number of hydrogen-bond acceptors (Lipinski definition) is 3. The summed E-state index contributed by atoms with van der Waals surface area (Å²) in [5.41, 5.74) is 5.93. The van der Waals surface area contributed by atoms with Gasteiger partial charge in [-0.3, -0.25) is 5.10 Å². The van der Waals surface area contributed by atoms with Gasteiger partial charge in [0.1, 0.15) is 12.2 Å². The predicted octanol–water partition coefficient (Wildman–Crippen LogP) is 0.475. The number of nitrogens with two attached hydrogens (primary N) is 1. The summed E-state index contributed by atoms with van der Waals surface area (Å²) in [6.45, 7) is 0. The van der Waals surface area contributed by atoms with Crippen LogP contribution in [-0.2, 0) is 6.42 Å². The van der Waals surface area contributed by atoms with Gasteiger partial charge in [-0.05, 0) is 18.8 Å². The van der Waals surface area contributed by atoms with Crippen LogP contribution >= 0.6 is 0 Å². The molecular formula is C8H14N4. The number of H-pyrrole nitrogens is 1. The highest BCUT2D eigenvalue weighted by Crippen LogP contribution is 2.25. The fourth-order valence-corrected chi connectivity index (χ4v) is 1.90. The lowest BCUT2D eigenvalue weighted by Gasteiger charge is -2.12. The molecule has 4 heteroatoms. The second-order valence-electron chi connectivity index (χ2n) is 3.49. The molecule has 0 aliphatic heterocycles. The van der Waals surface area contributed by atoms with Gasteiger partial charge in [0.2, 0.25) is 0 Å². The fraction of sp³-hybridized carbons (Fsp3) is 0.750. The van der Waals surface area contributed by atoms with Gasteiger partial charge in [0, 0.05) is 12.5 Å². The number of rotatable bonds is 2. The molecule has 0 aromatic carbocycles. The molecule has 0 bridgehead atoms. The SMILES string of the molecule is N[C@@H]1CCC[C@H]1Cc1ncn[nH]1. The van der Waals surface area contributed by atoms with Crippen molar-refractivity contribution in [3.63, 3.8) is 0 Å². The van der Waals surface area contributed by atoms with E-state index in [1.165, 1.54) is 19.3 Å². The lowest BCUT2D eigenvalue weighted by Crippen LogP contribution is -2.26. The van der Waals surface area contributed by atoms with Crippen LogP contribution in [0.3, 0.4) is 0 Å². The Balaban J connectivity index is 1.95. The Morgan fingerprint density at radius 1 is 1.58 bits per heavy atom. The Morgan fingerprint density at radius 2 is 2.50 bits per heavy atom. The third kappa shape index (κ3) is 1.48. The molecule has 4 nitrogen and oxygen atoms in total. The lowest BCUT2D eigenvalue weighted by molar-refractivity contribution is 0.468. The summed E-state index contributed by atoms with van der Waals surface area (Å²) in [6.07, 6.45) is 6.18. The summed E-state index contributed by atoms with van der Waals surface area (Å²) >= 11 is 0. The molecule has 2 rings (SSSR count). The van der Waals surface area contributed by atoms with Gasteiger partial charge in [0.05, 0.1) is 0 Å². The van der Waals surface area contributed by atoms with Crippen molar-refractivity contribution in [2.75, 3.05) is 0 Å². The Morgan fingerprint density at radius 3 is 3.08 bits per heavy atom. The minimum Gasteiger partial charge on any atom is -0.327 e. The molecule has 0 saturated heterocycles. The molecule has 1 fully saturated rings. The van der Waals surface area contributed by atoms with E-state index in [9.17, 15) is 0 Å². The maximum absolute atomic E-state index is 5.93. The van der Waals surface area contributed by atoms with Gasteiger partial charge in [0.15, 0.2) is 0 Å². The first-order valence-corrected chi connectivity index (χ1v) is 4.46. The van der Waals surface area contributed by atoms with E-state index in [0.29, 0.717) is 12.0 Å². The van der Waals surface area contributed by atoms with Crippen molar-refractivity contribution in [1.82, 2.24) is 15.2 Å². The Bertz CT molecular complexity index is 231. The van der Waals surface area contributed by atoms with Gasteiger partial charge in [-0.2, -0.15) is 5.10 Å². The zero-order chi connectivity index (χ0) is 8.39. The largest absolute Gasteiger partial charge is 0.327 e. The van der Waals surface area contributed by atoms with Crippen molar-refractivity contribution in [3.05, 3.63) is 12.2 Å². The molecule has 1 saturated carbocycles. The quantitative estimate of drug-likeness (QED) is 0.671. The van der Waals surface area contributed by atoms with E-state index in [1.54, 1.807) is 6.33 Å². The van der Waals surface area contributed by atoms with Crippen molar-refractivity contribution in [2.24, 2.45) is 11.7 Å². The lowest BCUT2D eigenvalue weighted by atomic mass is 10.0. The zero-order valence-corrected chi connectivity index (χ0v) is 7.03. The van der Waals surface area contributed by atoms with E-state index in [2.05, 4.69) is 15.2 Å². The molecule has 0 unspecified atom stereocenters. The van der Waals surface area contributed by atoms with E-state index in [1.807, 2.05) is 0 Å². The van der Waals surface area contributed by atoms with Crippen LogP contribution in [0.1, 0.15) is 25.1 Å². The average molecular weight is 166 g/mol. The standard InChI is InChI=1S/C8H14N4/c9-7-3-1-2-6(7)4-8-10-5-11-12-8/h5-7H,1-4,9H2,(H,10,11,12)/t6-,7+/m0/s1. The first-order chi connectivity index (χ1) is 5.86. The molecule has 1 aliphatic rings. The molecule has 0 radical (unpaired) electrons. The van der Waals surface area contributed by atoms with Crippen LogP contribution in [0.5, 0.6) is 0 Å². The van der Waals surface area contributed by atoms with Crippen LogP contribution in [0, 0.1) is 5.92 Å². The second kappa shape index (κ2) is 3.23. The molecule has 0 amide bonds. The maximum Gasteiger partial charge on any atom is 0.137 e. The van der Waals surface area contributed by atoms with E-state index in [0.717, 1.165) is 12.2 Å². The molecular weight excluding hydrogens is 152 g/mol. The summed E-state index contributed by atoms with van der Waals surface area (Å²) in [5, 5.41) is 6.68. The van der Waals surface area contributed by atoms with Crippen LogP contribution in [-0.4, -0.2) is 21.2 Å². The number of aromatic amines is 1. The average Bonchev–Trinajstić information content (AvgIpc) is 2.65. The van der Waals surface area contributed by atoms with E-state index in [-0.39, 0.29) is 0 Å². The number of nitrogens with zero attached hydrogens (tertiary/aromatic N) is 2. The summed E-state index contributed by atoms with van der Waals surface area (Å²) in [4.78, 5) is 4.09. The molecule has 1 heterocycles. The smallest absolute Gasteiger partial charge is 0.137 e. The van der Waals surface area contributed by atoms with Gasteiger partial charge in [-0.25, -0.2) is 4.98 Å². The molecule has 12 heavy (non-hydrogen) atoms. The van der Waals surface area contributed by atoms with Crippen LogP contribution in [0.4, 0.5) is 0 Å². The fourth-order valence-electron chi connectivity index (χ4n) is 1.90. The molecule has 66 valence electrons. The van der Waals surface area contributed by atoms with E-state index >= 15 is 0 Å². The molecule has 0 spiro atoms. The number of nitrogens with one attached hydrogen (secondary N) is 1. The third-order valence-electron chi connectivity index (χ3n) is 2.64. The first kappa shape index (κ1) is 7.73. The van der Waals surface area contributed by atoms with Crippen molar-refractivity contribution in [2.45, 2.75) is 31.7 Å². The Labute approximate surface area is 71.6 Å².